The van der Waals surface area contributed by atoms with E-state index in [0.717, 1.165) is 0 Å². The number of aliphatic hydroxyl groups excluding tert-OH is 11. The molecule has 4 aliphatic rings. The molecule has 0 aromatic heterocycles. The molecule has 0 amide bonds. The van der Waals surface area contributed by atoms with Crippen molar-refractivity contribution < 1.29 is 95.6 Å². The predicted molar refractivity (Wildman–Crippen MR) is 138 cm³/mol. The van der Waals surface area contributed by atoms with Crippen molar-refractivity contribution >= 4 is 0 Å². The fraction of sp³-hybridized carbons (Fsp3) is 0.920. The zero-order valence-corrected chi connectivity index (χ0v) is 23.1. The summed E-state index contributed by atoms with van der Waals surface area (Å²) >= 11 is 0. The number of ether oxygens (including phenoxy) is 5. The summed E-state index contributed by atoms with van der Waals surface area (Å²) in [5.41, 5.74) is -0.0349. The van der Waals surface area contributed by atoms with Crippen LogP contribution in [0.25, 0.3) is 0 Å². The van der Waals surface area contributed by atoms with E-state index in [1.165, 1.54) is 13.0 Å². The van der Waals surface area contributed by atoms with Crippen LogP contribution in [0.2, 0.25) is 0 Å². The van der Waals surface area contributed by atoms with E-state index >= 15 is 0 Å². The molecule has 1 aliphatic carbocycles. The lowest BCUT2D eigenvalue weighted by molar-refractivity contribution is -0.373. The molecule has 3 heterocycles. The molecule has 0 aromatic rings. The van der Waals surface area contributed by atoms with E-state index in [1.54, 1.807) is 0 Å². The van der Waals surface area contributed by atoms with Crippen molar-refractivity contribution in [3.05, 3.63) is 11.6 Å². The molecule has 3 saturated heterocycles. The van der Waals surface area contributed by atoms with Gasteiger partial charge in [-0.1, -0.05) is 6.08 Å². The topological polar surface area (TPSA) is 321 Å². The lowest BCUT2D eigenvalue weighted by atomic mass is 9.86. The third-order valence-electron chi connectivity index (χ3n) is 8.18. The van der Waals surface area contributed by atoms with E-state index in [2.05, 4.69) is 5.32 Å². The number of rotatable bonds is 9. The molecule has 4 rings (SSSR count). The van der Waals surface area contributed by atoms with Gasteiger partial charge in [0.2, 0.25) is 0 Å². The van der Waals surface area contributed by atoms with Gasteiger partial charge in [-0.2, -0.15) is 0 Å². The van der Waals surface area contributed by atoms with Crippen LogP contribution in [0.5, 0.6) is 0 Å². The van der Waals surface area contributed by atoms with Crippen molar-refractivity contribution in [1.82, 2.24) is 5.32 Å². The summed E-state index contributed by atoms with van der Waals surface area (Å²) in [6.45, 7) is -6.06. The van der Waals surface area contributed by atoms with Gasteiger partial charge in [0.25, 0.3) is 0 Å². The summed E-state index contributed by atoms with van der Waals surface area (Å²) < 4.78 is 57.3. The molecule has 19 nitrogen and oxygen atoms in total. The molecular formula is C25H43NO18. The van der Waals surface area contributed by atoms with Crippen molar-refractivity contribution in [2.24, 2.45) is 0 Å². The van der Waals surface area contributed by atoms with Gasteiger partial charge in [-0.25, -0.2) is 0 Å². The van der Waals surface area contributed by atoms with Gasteiger partial charge in [-0.3, -0.25) is 0 Å². The second kappa shape index (κ2) is 14.8. The fourth-order valence-electron chi connectivity index (χ4n) is 5.56. The van der Waals surface area contributed by atoms with E-state index in [9.17, 15) is 66.4 Å². The first kappa shape index (κ1) is 30.3. The Kier molecular flexibility index (Phi) is 10.2. The molecule has 3 fully saturated rings. The van der Waals surface area contributed by atoms with Crippen molar-refractivity contribution in [3.8, 4) is 0 Å². The molecule has 19 heteroatoms. The van der Waals surface area contributed by atoms with Crippen LogP contribution in [-0.4, -0.2) is 203 Å². The first-order valence-corrected chi connectivity index (χ1v) is 13.7. The molecule has 0 spiro atoms. The highest BCUT2D eigenvalue weighted by atomic mass is 16.7. The molecule has 256 valence electrons. The Morgan fingerprint density at radius 2 is 1.20 bits per heavy atom. The van der Waals surface area contributed by atoms with Gasteiger partial charge >= 0.3 is 0 Å². The summed E-state index contributed by atoms with van der Waals surface area (Å²) in [5, 5.41) is 137. The molecule has 0 bridgehead atoms. The number of aliphatic hydroxyl groups is 13. The Bertz CT molecular complexity index is 1120. The maximum atomic E-state index is 11.0. The number of hydrogen-bond donors (Lipinski definition) is 14. The van der Waals surface area contributed by atoms with E-state index < -0.39 is 136 Å². The van der Waals surface area contributed by atoms with Gasteiger partial charge in [0.15, 0.2) is 18.9 Å². The monoisotopic (exact) mass is 649 g/mol. The number of hydrogen-bond acceptors (Lipinski definition) is 19. The zero-order valence-electron chi connectivity index (χ0n) is 27.1. The summed E-state index contributed by atoms with van der Waals surface area (Å²) in [5.74, 6) is 0. The van der Waals surface area contributed by atoms with Gasteiger partial charge in [0.1, 0.15) is 79.4 Å². The molecular weight excluding hydrogens is 602 g/mol. The predicted octanol–water partition coefficient (Wildman–Crippen LogP) is -8.56. The normalized spacial score (nSPS) is 54.0. The molecule has 0 radical (unpaired) electrons. The first-order chi connectivity index (χ1) is 22.1. The van der Waals surface area contributed by atoms with E-state index in [0.29, 0.717) is 0 Å². The third kappa shape index (κ3) is 6.96. The highest BCUT2D eigenvalue weighted by molar-refractivity contribution is 5.22. The maximum absolute atomic E-state index is 11.0. The highest BCUT2D eigenvalue weighted by Gasteiger charge is 2.53. The standard InChI is InChI=1S/C25H43NO18/c1-6-11(26-8-2-7(3-27)12(30)15(33)13(8)31)14(32)19(37)24(40-6)43-22-10(5-29)42-25(20(38)17(22)35)44-21-9(4-28)41-23(39)18(36)16(21)34/h2,6,8-39H,3-5H2,1H3/i4D2,5D2. The minimum atomic E-state index is -3.43. The average Bonchev–Trinajstić information content (AvgIpc) is 2.99. The second-order valence-corrected chi connectivity index (χ2v) is 11.0. The van der Waals surface area contributed by atoms with Crippen LogP contribution >= 0.6 is 0 Å². The molecule has 19 atom stereocenters. The van der Waals surface area contributed by atoms with Gasteiger partial charge in [0, 0.05) is 0 Å². The van der Waals surface area contributed by atoms with Gasteiger partial charge in [-0.15, -0.1) is 0 Å². The van der Waals surface area contributed by atoms with Crippen LogP contribution in [0.4, 0.5) is 0 Å². The summed E-state index contributed by atoms with van der Waals surface area (Å²) in [4.78, 5) is 0. The Labute approximate surface area is 256 Å². The van der Waals surface area contributed by atoms with Crippen LogP contribution in [0.3, 0.4) is 0 Å². The summed E-state index contributed by atoms with van der Waals surface area (Å²) in [7, 11) is 0. The van der Waals surface area contributed by atoms with E-state index in [-0.39, 0.29) is 5.57 Å². The lowest BCUT2D eigenvalue weighted by Crippen LogP contribution is -2.68. The molecule has 14 N–H and O–H groups in total. The van der Waals surface area contributed by atoms with Gasteiger partial charge in [-0.05, 0) is 12.5 Å². The second-order valence-electron chi connectivity index (χ2n) is 11.0. The van der Waals surface area contributed by atoms with Crippen LogP contribution in [-0.2, 0) is 23.7 Å². The maximum Gasteiger partial charge on any atom is 0.187 e. The molecule has 3 aliphatic heterocycles. The minimum absolute atomic E-state index is 0.0349. The molecule has 19 unspecified atom stereocenters. The average molecular weight is 650 g/mol. The third-order valence-corrected chi connectivity index (χ3v) is 8.18. The van der Waals surface area contributed by atoms with Crippen LogP contribution in [0.1, 0.15) is 12.4 Å². The Balaban J connectivity index is 1.50. The van der Waals surface area contributed by atoms with E-state index in [1.807, 2.05) is 0 Å². The van der Waals surface area contributed by atoms with Crippen molar-refractivity contribution in [3.63, 3.8) is 0 Å². The SMILES string of the molecule is [2H]C([2H])(O)C1OC(O)C(O)C(O)C1OC1OC(C([2H])([2H])O)C(OC2OC(C)C(NC3C=C(CO)C(O)C(O)C3O)C(O)C2O)C(O)C1O. The van der Waals surface area contributed by atoms with Crippen molar-refractivity contribution in [2.75, 3.05) is 19.7 Å². The van der Waals surface area contributed by atoms with Gasteiger partial charge < -0.3 is 95.4 Å². The Morgan fingerprint density at radius 3 is 1.77 bits per heavy atom. The van der Waals surface area contributed by atoms with Gasteiger partial charge in [0.05, 0.1) is 43.4 Å². The van der Waals surface area contributed by atoms with Crippen LogP contribution < -0.4 is 5.32 Å². The largest absolute Gasteiger partial charge is 0.394 e. The number of nitrogens with one attached hydrogen (secondary N) is 1. The Morgan fingerprint density at radius 1 is 0.682 bits per heavy atom. The lowest BCUT2D eigenvalue weighted by Gasteiger charge is -2.48. The summed E-state index contributed by atoms with van der Waals surface area (Å²) in [6.07, 6.45) is -32.6. The zero-order chi connectivity index (χ0) is 36.2. The minimum Gasteiger partial charge on any atom is -0.394 e. The van der Waals surface area contributed by atoms with E-state index in [4.69, 9.17) is 29.2 Å². The quantitative estimate of drug-likeness (QED) is 0.103. The van der Waals surface area contributed by atoms with Crippen molar-refractivity contribution in [1.29, 1.82) is 0 Å². The molecule has 44 heavy (non-hydrogen) atoms. The molecule has 0 aromatic carbocycles. The first-order valence-electron chi connectivity index (χ1n) is 15.7. The van der Waals surface area contributed by atoms with Crippen LogP contribution in [0.15, 0.2) is 11.6 Å². The Hall–Kier alpha value is -1.02. The smallest absolute Gasteiger partial charge is 0.187 e. The van der Waals surface area contributed by atoms with Crippen LogP contribution in [0, 0.1) is 0 Å². The highest BCUT2D eigenvalue weighted by Crippen LogP contribution is 2.32. The fourth-order valence-corrected chi connectivity index (χ4v) is 5.56. The summed E-state index contributed by atoms with van der Waals surface area (Å²) in [6, 6.07) is -2.38. The molecule has 0 saturated carbocycles. The van der Waals surface area contributed by atoms with Crippen molar-refractivity contribution in [2.45, 2.75) is 123 Å².